The number of benzene rings is 5. The minimum Gasteiger partial charge on any atom is -0.872 e. The van der Waals surface area contributed by atoms with Gasteiger partial charge in [-0.2, -0.15) is 4.58 Å². The van der Waals surface area contributed by atoms with Gasteiger partial charge < -0.3 is 10.0 Å². The Balaban J connectivity index is 1.17. The first-order valence-corrected chi connectivity index (χ1v) is 18.3. The number of fused-ring (bicyclic) bond motifs is 7. The maximum Gasteiger partial charge on any atom is 0.210 e. The van der Waals surface area contributed by atoms with Crippen molar-refractivity contribution in [2.24, 2.45) is 0 Å². The molecule has 4 heteroatoms. The maximum absolute atomic E-state index is 14.1. The zero-order chi connectivity index (χ0) is 36.1. The summed E-state index contributed by atoms with van der Waals surface area (Å²) in [4.78, 5) is 16.4. The molecule has 2 heterocycles. The molecule has 0 N–H and O–H groups in total. The van der Waals surface area contributed by atoms with Crippen LogP contribution in [0.2, 0.25) is 0 Å². The van der Waals surface area contributed by atoms with E-state index in [9.17, 15) is 9.90 Å². The van der Waals surface area contributed by atoms with Gasteiger partial charge in [-0.05, 0) is 94.3 Å². The minimum absolute atomic E-state index is 0.177. The molecule has 256 valence electrons. The summed E-state index contributed by atoms with van der Waals surface area (Å²) in [5.41, 5.74) is 11.1. The topological polar surface area (TPSA) is 46.4 Å². The Morgan fingerprint density at radius 1 is 0.692 bits per heavy atom. The Hall–Kier alpha value is -5.74. The summed E-state index contributed by atoms with van der Waals surface area (Å²) in [6.45, 7) is 9.16. The Morgan fingerprint density at radius 3 is 2.04 bits per heavy atom. The second-order valence-corrected chi connectivity index (χ2v) is 15.7. The van der Waals surface area contributed by atoms with Crippen molar-refractivity contribution in [1.82, 2.24) is 0 Å². The molecule has 0 aromatic heterocycles. The summed E-state index contributed by atoms with van der Waals surface area (Å²) >= 11 is 0. The van der Waals surface area contributed by atoms with Crippen LogP contribution in [0.1, 0.15) is 67.6 Å². The van der Waals surface area contributed by atoms with Gasteiger partial charge in [0, 0.05) is 52.7 Å². The number of hydrogen-bond donors (Lipinski definition) is 0. The molecular weight excluding hydrogens is 637 g/mol. The summed E-state index contributed by atoms with van der Waals surface area (Å²) in [6, 6.07) is 33.3. The van der Waals surface area contributed by atoms with Crippen molar-refractivity contribution >= 4 is 50.2 Å². The third-order valence-corrected chi connectivity index (χ3v) is 12.1. The highest BCUT2D eigenvalue weighted by Crippen LogP contribution is 2.51. The summed E-state index contributed by atoms with van der Waals surface area (Å²) in [5, 5.41) is 19.1. The largest absolute Gasteiger partial charge is 0.872 e. The fourth-order valence-corrected chi connectivity index (χ4v) is 9.60. The van der Waals surface area contributed by atoms with Crippen molar-refractivity contribution in [2.45, 2.75) is 51.4 Å². The van der Waals surface area contributed by atoms with Gasteiger partial charge in [0.2, 0.25) is 5.69 Å². The van der Waals surface area contributed by atoms with Gasteiger partial charge in [0.05, 0.1) is 5.41 Å². The normalized spacial score (nSPS) is 20.5. The lowest BCUT2D eigenvalue weighted by Crippen LogP contribution is -2.26. The van der Waals surface area contributed by atoms with Crippen molar-refractivity contribution in [3.05, 3.63) is 172 Å². The first-order chi connectivity index (χ1) is 25.0. The Kier molecular flexibility index (Phi) is 7.05. The van der Waals surface area contributed by atoms with Crippen molar-refractivity contribution in [1.29, 1.82) is 0 Å². The molecule has 2 aliphatic carbocycles. The van der Waals surface area contributed by atoms with E-state index in [4.69, 9.17) is 0 Å². The number of Topliss-reactive ketones (excluding diaryl/α,β-unsaturated/α-hetero) is 1. The molecule has 9 rings (SSSR count). The average Bonchev–Trinajstić information content (AvgIpc) is 3.77. The smallest absolute Gasteiger partial charge is 0.210 e. The molecule has 0 bridgehead atoms. The first-order valence-electron chi connectivity index (χ1n) is 18.3. The third kappa shape index (κ3) is 4.46. The Labute approximate surface area is 305 Å². The molecule has 0 saturated carbocycles. The molecule has 2 aliphatic heterocycles. The zero-order valence-electron chi connectivity index (χ0n) is 30.7. The number of carbonyl (C=O) groups excluding carboxylic acids is 1. The molecule has 0 atom stereocenters. The van der Waals surface area contributed by atoms with Gasteiger partial charge in [-0.15, -0.1) is 0 Å². The van der Waals surface area contributed by atoms with E-state index in [1.165, 1.54) is 55.5 Å². The van der Waals surface area contributed by atoms with Crippen LogP contribution in [0.15, 0.2) is 149 Å². The molecule has 0 fully saturated rings. The number of allylic oxidation sites excluding steroid dienone is 9. The Bertz CT molecular complexity index is 2620. The molecule has 5 aromatic carbocycles. The molecule has 0 spiro atoms. The summed E-state index contributed by atoms with van der Waals surface area (Å²) in [6.07, 6.45) is 10.3. The van der Waals surface area contributed by atoms with Crippen molar-refractivity contribution in [2.75, 3.05) is 19.0 Å². The molecule has 0 saturated heterocycles. The lowest BCUT2D eigenvalue weighted by Gasteiger charge is -2.24. The van der Waals surface area contributed by atoms with Gasteiger partial charge >= 0.3 is 0 Å². The summed E-state index contributed by atoms with van der Waals surface area (Å²) in [7, 11) is 4.28. The summed E-state index contributed by atoms with van der Waals surface area (Å²) in [5.74, 6) is -0.354. The lowest BCUT2D eigenvalue weighted by atomic mass is 9.79. The van der Waals surface area contributed by atoms with E-state index in [-0.39, 0.29) is 22.4 Å². The number of hydrogen-bond acceptors (Lipinski definition) is 3. The van der Waals surface area contributed by atoms with E-state index in [1.807, 2.05) is 12.1 Å². The van der Waals surface area contributed by atoms with Gasteiger partial charge in [-0.25, -0.2) is 0 Å². The van der Waals surface area contributed by atoms with Crippen molar-refractivity contribution < 1.29 is 14.5 Å². The monoisotopic (exact) mass is 678 g/mol. The predicted octanol–water partition coefficient (Wildman–Crippen LogP) is 9.85. The van der Waals surface area contributed by atoms with Crippen LogP contribution < -0.4 is 10.0 Å². The predicted molar refractivity (Wildman–Crippen MR) is 212 cm³/mol. The zero-order valence-corrected chi connectivity index (χ0v) is 30.7. The number of rotatable bonds is 4. The molecule has 5 aromatic rings. The van der Waals surface area contributed by atoms with Gasteiger partial charge in [-0.3, -0.25) is 4.79 Å². The van der Waals surface area contributed by atoms with Crippen LogP contribution in [-0.2, 0) is 10.8 Å². The van der Waals surface area contributed by atoms with Crippen LogP contribution in [0.3, 0.4) is 0 Å². The Morgan fingerprint density at radius 2 is 1.33 bits per heavy atom. The molecular formula is C48H42N2O2. The van der Waals surface area contributed by atoms with E-state index in [0.717, 1.165) is 29.6 Å². The molecule has 0 amide bonds. The van der Waals surface area contributed by atoms with E-state index in [2.05, 4.69) is 148 Å². The van der Waals surface area contributed by atoms with E-state index in [0.29, 0.717) is 16.7 Å². The number of nitrogens with zero attached hydrogens (tertiary/aromatic N) is 2. The second kappa shape index (κ2) is 11.4. The number of anilines is 1. The quantitative estimate of drug-likeness (QED) is 0.178. The SMILES string of the molecule is CN1/C(=C/C=C2\CCC(/C=C/C3=[N+](C)c4ccc5ccccc5c4C3(C)C)=C2C2=C([O-])c3ccccc3C2=O)C(C)(C)c2c1ccc1ccccc21. The van der Waals surface area contributed by atoms with Gasteiger partial charge in [0.1, 0.15) is 7.05 Å². The number of likely N-dealkylation sites (N-methyl/N-ethyl adjacent to an activating group) is 1. The van der Waals surface area contributed by atoms with Crippen molar-refractivity contribution in [3.63, 3.8) is 0 Å². The summed E-state index contributed by atoms with van der Waals surface area (Å²) < 4.78 is 2.29. The van der Waals surface area contributed by atoms with E-state index >= 15 is 0 Å². The van der Waals surface area contributed by atoms with Crippen LogP contribution in [0.4, 0.5) is 11.4 Å². The second-order valence-electron chi connectivity index (χ2n) is 15.7. The fourth-order valence-electron chi connectivity index (χ4n) is 9.60. The standard InChI is InChI=1S/C48H42N2O2/c1-47(2)39(49(5)37-25-21-29-13-7-9-15-33(29)43(37)47)27-23-31-19-20-32(41(31)42-45(51)35-17-11-12-18-36(35)46(42)52)24-28-40-48(3,4)44-34-16-10-8-14-30(34)22-26-38(44)50(40)6/h7-18,21-28H,19-20H2,1-6H3/b31-23+,39-27+. The van der Waals surface area contributed by atoms with Gasteiger partial charge in [-0.1, -0.05) is 111 Å². The highest BCUT2D eigenvalue weighted by molar-refractivity contribution is 6.22. The van der Waals surface area contributed by atoms with Gasteiger partial charge in [0.25, 0.3) is 0 Å². The molecule has 4 aliphatic rings. The van der Waals surface area contributed by atoms with Crippen LogP contribution >= 0.6 is 0 Å². The van der Waals surface area contributed by atoms with Crippen LogP contribution in [-0.4, -0.2) is 30.2 Å². The number of ketones is 1. The lowest BCUT2D eigenvalue weighted by molar-refractivity contribution is -0.401. The van der Waals surface area contributed by atoms with Gasteiger partial charge in [0.15, 0.2) is 11.5 Å². The average molecular weight is 679 g/mol. The van der Waals surface area contributed by atoms with Crippen LogP contribution in [0.25, 0.3) is 27.3 Å². The first kappa shape index (κ1) is 32.2. The van der Waals surface area contributed by atoms with E-state index in [1.54, 1.807) is 12.1 Å². The minimum atomic E-state index is -0.246. The third-order valence-electron chi connectivity index (χ3n) is 12.1. The molecule has 4 nitrogen and oxygen atoms in total. The van der Waals surface area contributed by atoms with Crippen LogP contribution in [0.5, 0.6) is 0 Å². The fraction of sp³-hybridized carbons (Fsp3) is 0.208. The van der Waals surface area contributed by atoms with E-state index < -0.39 is 0 Å². The number of carbonyl (C=O) groups is 1. The highest BCUT2D eigenvalue weighted by Gasteiger charge is 2.44. The maximum atomic E-state index is 14.1. The van der Waals surface area contributed by atoms with Crippen LogP contribution in [0, 0.1) is 0 Å². The molecule has 0 unspecified atom stereocenters. The molecule has 52 heavy (non-hydrogen) atoms. The highest BCUT2D eigenvalue weighted by atomic mass is 16.3. The van der Waals surface area contributed by atoms with Crippen molar-refractivity contribution in [3.8, 4) is 0 Å². The molecule has 0 radical (unpaired) electrons.